The van der Waals surface area contributed by atoms with Gasteiger partial charge >= 0.3 is 0 Å². The molecule has 0 aliphatic rings. The number of carbonyl (C=O) groups is 1. The van der Waals surface area contributed by atoms with Gasteiger partial charge < -0.3 is 15.2 Å². The number of carbonyl (C=O) groups excluding carboxylic acids is 1. The second kappa shape index (κ2) is 7.66. The van der Waals surface area contributed by atoms with Crippen LogP contribution in [0.5, 0.6) is 5.75 Å². The van der Waals surface area contributed by atoms with E-state index in [1.54, 1.807) is 12.1 Å². The van der Waals surface area contributed by atoms with Crippen molar-refractivity contribution in [2.45, 2.75) is 25.8 Å². The maximum atomic E-state index is 13.2. The van der Waals surface area contributed by atoms with Crippen molar-refractivity contribution < 1.29 is 19.0 Å². The fourth-order valence-corrected chi connectivity index (χ4v) is 1.39. The minimum atomic E-state index is -0.445. The molecule has 0 heterocycles. The zero-order valence-electron chi connectivity index (χ0n) is 10.4. The predicted octanol–water partition coefficient (Wildman–Crippen LogP) is 1.48. The van der Waals surface area contributed by atoms with Crippen molar-refractivity contribution in [2.24, 2.45) is 0 Å². The summed E-state index contributed by atoms with van der Waals surface area (Å²) >= 11 is 0. The molecule has 1 aromatic carbocycles. The lowest BCUT2D eigenvalue weighted by atomic mass is 10.2. The quantitative estimate of drug-likeness (QED) is 0.776. The summed E-state index contributed by atoms with van der Waals surface area (Å²) in [5.41, 5.74) is 0. The monoisotopic (exact) mass is 255 g/mol. The molecular formula is C13H18FNO3. The van der Waals surface area contributed by atoms with E-state index in [4.69, 9.17) is 9.84 Å². The van der Waals surface area contributed by atoms with Crippen molar-refractivity contribution >= 4 is 5.91 Å². The van der Waals surface area contributed by atoms with Crippen LogP contribution in [0.3, 0.4) is 0 Å². The highest BCUT2D eigenvalue weighted by molar-refractivity contribution is 5.76. The van der Waals surface area contributed by atoms with Crippen molar-refractivity contribution in [1.82, 2.24) is 5.32 Å². The molecule has 5 heteroatoms. The van der Waals surface area contributed by atoms with Crippen molar-refractivity contribution in [3.05, 3.63) is 30.1 Å². The molecule has 0 aliphatic carbocycles. The largest absolute Gasteiger partial charge is 0.490 e. The lowest BCUT2D eigenvalue weighted by molar-refractivity contribution is -0.122. The van der Waals surface area contributed by atoms with Gasteiger partial charge in [-0.1, -0.05) is 19.1 Å². The zero-order chi connectivity index (χ0) is 13.4. The van der Waals surface area contributed by atoms with Crippen LogP contribution >= 0.6 is 0 Å². The molecule has 0 saturated heterocycles. The molecule has 0 fully saturated rings. The van der Waals surface area contributed by atoms with Gasteiger partial charge in [0.05, 0.1) is 25.7 Å². The van der Waals surface area contributed by atoms with E-state index in [-0.39, 0.29) is 37.3 Å². The van der Waals surface area contributed by atoms with Crippen LogP contribution in [0, 0.1) is 5.82 Å². The van der Waals surface area contributed by atoms with Crippen molar-refractivity contribution in [3.8, 4) is 5.75 Å². The lowest BCUT2D eigenvalue weighted by Gasteiger charge is -2.14. The standard InChI is InChI=1S/C13H18FNO3/c1-2-10(9-16)15-13(17)7-8-18-12-6-4-3-5-11(12)14/h3-6,10,16H,2,7-9H2,1H3,(H,15,17)/t10-/m1/s1. The Balaban J connectivity index is 2.29. The summed E-state index contributed by atoms with van der Waals surface area (Å²) in [5.74, 6) is -0.522. The SMILES string of the molecule is CC[C@H](CO)NC(=O)CCOc1ccccc1F. The van der Waals surface area contributed by atoms with E-state index in [0.717, 1.165) is 0 Å². The van der Waals surface area contributed by atoms with Crippen molar-refractivity contribution in [1.29, 1.82) is 0 Å². The van der Waals surface area contributed by atoms with E-state index < -0.39 is 5.82 Å². The first-order valence-electron chi connectivity index (χ1n) is 5.95. The number of rotatable bonds is 7. The van der Waals surface area contributed by atoms with Crippen LogP contribution < -0.4 is 10.1 Å². The Bertz CT molecular complexity index is 380. The van der Waals surface area contributed by atoms with E-state index in [1.165, 1.54) is 12.1 Å². The molecular weight excluding hydrogens is 237 g/mol. The normalized spacial score (nSPS) is 11.9. The molecule has 0 aliphatic heterocycles. The summed E-state index contributed by atoms with van der Waals surface area (Å²) < 4.78 is 18.3. The van der Waals surface area contributed by atoms with E-state index >= 15 is 0 Å². The van der Waals surface area contributed by atoms with Gasteiger partial charge in [0.1, 0.15) is 0 Å². The van der Waals surface area contributed by atoms with Gasteiger partial charge in [-0.05, 0) is 18.6 Å². The Morgan fingerprint density at radius 2 is 2.22 bits per heavy atom. The summed E-state index contributed by atoms with van der Waals surface area (Å²) in [6.45, 7) is 1.89. The maximum absolute atomic E-state index is 13.2. The van der Waals surface area contributed by atoms with Crippen molar-refractivity contribution in [3.63, 3.8) is 0 Å². The maximum Gasteiger partial charge on any atom is 0.223 e. The summed E-state index contributed by atoms with van der Waals surface area (Å²) in [6, 6.07) is 5.81. The minimum Gasteiger partial charge on any atom is -0.490 e. The summed E-state index contributed by atoms with van der Waals surface area (Å²) in [7, 11) is 0. The highest BCUT2D eigenvalue weighted by atomic mass is 19.1. The number of hydrogen-bond donors (Lipinski definition) is 2. The third-order valence-corrected chi connectivity index (χ3v) is 2.50. The number of hydrogen-bond acceptors (Lipinski definition) is 3. The first-order valence-corrected chi connectivity index (χ1v) is 5.95. The van der Waals surface area contributed by atoms with Gasteiger partial charge in [0.25, 0.3) is 0 Å². The molecule has 2 N–H and O–H groups in total. The number of amides is 1. The van der Waals surface area contributed by atoms with E-state index in [9.17, 15) is 9.18 Å². The number of aliphatic hydroxyl groups excluding tert-OH is 1. The van der Waals surface area contributed by atoms with Crippen LogP contribution in [-0.4, -0.2) is 30.3 Å². The van der Waals surface area contributed by atoms with Crippen molar-refractivity contribution in [2.75, 3.05) is 13.2 Å². The molecule has 0 unspecified atom stereocenters. The molecule has 0 spiro atoms. The van der Waals surface area contributed by atoms with Crippen LogP contribution in [0.15, 0.2) is 24.3 Å². The Kier molecular flexibility index (Phi) is 6.14. The van der Waals surface area contributed by atoms with Gasteiger partial charge in [-0.25, -0.2) is 4.39 Å². The minimum absolute atomic E-state index is 0.0869. The van der Waals surface area contributed by atoms with Gasteiger partial charge in [0.2, 0.25) is 5.91 Å². The molecule has 1 aromatic rings. The average Bonchev–Trinajstić information content (AvgIpc) is 2.38. The topological polar surface area (TPSA) is 58.6 Å². The highest BCUT2D eigenvalue weighted by Gasteiger charge is 2.09. The third-order valence-electron chi connectivity index (χ3n) is 2.50. The Hall–Kier alpha value is -1.62. The number of benzene rings is 1. The average molecular weight is 255 g/mol. The van der Waals surface area contributed by atoms with Crippen LogP contribution in [0.2, 0.25) is 0 Å². The molecule has 1 rings (SSSR count). The summed E-state index contributed by atoms with van der Waals surface area (Å²) in [4.78, 5) is 11.5. The zero-order valence-corrected chi connectivity index (χ0v) is 10.4. The first kappa shape index (κ1) is 14.4. The van der Waals surface area contributed by atoms with E-state index in [1.807, 2.05) is 6.92 Å². The number of aliphatic hydroxyl groups is 1. The number of halogens is 1. The fourth-order valence-electron chi connectivity index (χ4n) is 1.39. The first-order chi connectivity index (χ1) is 8.67. The Morgan fingerprint density at radius 1 is 1.50 bits per heavy atom. The van der Waals surface area contributed by atoms with Gasteiger partial charge in [-0.3, -0.25) is 4.79 Å². The molecule has 0 bridgehead atoms. The van der Waals surface area contributed by atoms with Gasteiger partial charge in [0, 0.05) is 0 Å². The Morgan fingerprint density at radius 3 is 2.83 bits per heavy atom. The van der Waals surface area contributed by atoms with E-state index in [0.29, 0.717) is 6.42 Å². The van der Waals surface area contributed by atoms with Gasteiger partial charge in [-0.15, -0.1) is 0 Å². The van der Waals surface area contributed by atoms with E-state index in [2.05, 4.69) is 5.32 Å². The summed E-state index contributed by atoms with van der Waals surface area (Å²) in [6.07, 6.45) is 0.793. The van der Waals surface area contributed by atoms with Crippen LogP contribution in [0.1, 0.15) is 19.8 Å². The molecule has 0 aromatic heterocycles. The molecule has 18 heavy (non-hydrogen) atoms. The summed E-state index contributed by atoms with van der Waals surface area (Å²) in [5, 5.41) is 11.6. The van der Waals surface area contributed by atoms with Crippen LogP contribution in [0.4, 0.5) is 4.39 Å². The molecule has 4 nitrogen and oxygen atoms in total. The number of para-hydroxylation sites is 1. The highest BCUT2D eigenvalue weighted by Crippen LogP contribution is 2.15. The molecule has 0 saturated carbocycles. The second-order valence-corrected chi connectivity index (χ2v) is 3.88. The van der Waals surface area contributed by atoms with Gasteiger partial charge in [-0.2, -0.15) is 0 Å². The molecule has 1 atom stereocenters. The molecule has 1 amide bonds. The number of ether oxygens (including phenoxy) is 1. The third kappa shape index (κ3) is 4.71. The Labute approximate surface area is 106 Å². The van der Waals surface area contributed by atoms with Gasteiger partial charge in [0.15, 0.2) is 11.6 Å². The number of nitrogens with one attached hydrogen (secondary N) is 1. The molecule has 100 valence electrons. The predicted molar refractivity (Wildman–Crippen MR) is 65.8 cm³/mol. The second-order valence-electron chi connectivity index (χ2n) is 3.88. The molecule has 0 radical (unpaired) electrons. The lowest BCUT2D eigenvalue weighted by Crippen LogP contribution is -2.37. The van der Waals surface area contributed by atoms with Crippen LogP contribution in [-0.2, 0) is 4.79 Å². The fraction of sp³-hybridized carbons (Fsp3) is 0.462. The smallest absolute Gasteiger partial charge is 0.223 e. The van der Waals surface area contributed by atoms with Crippen LogP contribution in [0.25, 0.3) is 0 Å².